The van der Waals surface area contributed by atoms with Crippen LogP contribution in [-0.4, -0.2) is 27.5 Å². The van der Waals surface area contributed by atoms with Crippen molar-refractivity contribution in [2.75, 3.05) is 17.8 Å². The maximum Gasteiger partial charge on any atom is 0.212 e. The average Bonchev–Trinajstić information content (AvgIpc) is 2.05. The molecule has 0 radical (unpaired) electrons. The molecule has 70 valence electrons. The van der Waals surface area contributed by atoms with Gasteiger partial charge in [0.1, 0.15) is 0 Å². The van der Waals surface area contributed by atoms with Gasteiger partial charge >= 0.3 is 0 Å². The third kappa shape index (κ3) is 7.13. The summed E-state index contributed by atoms with van der Waals surface area (Å²) < 4.78 is 0.350. The number of carbonyl (C=O) groups is 1. The zero-order chi connectivity index (χ0) is 9.40. The molecule has 1 atom stereocenters. The van der Waals surface area contributed by atoms with E-state index in [0.717, 1.165) is 11.5 Å². The molecule has 0 aliphatic carbocycles. The first-order valence-corrected chi connectivity index (χ1v) is 6.96. The third-order valence-electron chi connectivity index (χ3n) is 1.09. The maximum absolute atomic E-state index is 10.9. The van der Waals surface area contributed by atoms with Gasteiger partial charge in [-0.05, 0) is 19.3 Å². The fraction of sp³-hybridized carbons (Fsp3) is 0.625. The highest BCUT2D eigenvalue weighted by atomic mass is 32.2. The molecule has 0 heterocycles. The SMILES string of the molecule is C=CC(=O)SC(C)SCCSC. The molecule has 0 rings (SSSR count). The van der Waals surface area contributed by atoms with Gasteiger partial charge in [-0.25, -0.2) is 0 Å². The van der Waals surface area contributed by atoms with Crippen LogP contribution in [0, 0.1) is 0 Å². The van der Waals surface area contributed by atoms with Gasteiger partial charge in [-0.15, -0.1) is 11.8 Å². The molecule has 0 aliphatic heterocycles. The molecule has 0 aliphatic rings. The monoisotopic (exact) mass is 222 g/mol. The van der Waals surface area contributed by atoms with E-state index in [1.165, 1.54) is 17.8 Å². The minimum Gasteiger partial charge on any atom is -0.282 e. The summed E-state index contributed by atoms with van der Waals surface area (Å²) in [4.78, 5) is 10.9. The summed E-state index contributed by atoms with van der Waals surface area (Å²) in [5, 5.41) is 0.0687. The lowest BCUT2D eigenvalue weighted by molar-refractivity contribution is -0.107. The minimum absolute atomic E-state index is 0.0687. The van der Waals surface area contributed by atoms with E-state index in [-0.39, 0.29) is 5.12 Å². The van der Waals surface area contributed by atoms with Crippen LogP contribution in [0.3, 0.4) is 0 Å². The smallest absolute Gasteiger partial charge is 0.212 e. The molecule has 0 saturated carbocycles. The molecule has 0 fully saturated rings. The summed E-state index contributed by atoms with van der Waals surface area (Å²) in [7, 11) is 0. The van der Waals surface area contributed by atoms with E-state index in [1.54, 1.807) is 0 Å². The Bertz CT molecular complexity index is 147. The Morgan fingerprint density at radius 2 is 2.25 bits per heavy atom. The van der Waals surface area contributed by atoms with E-state index in [2.05, 4.69) is 19.8 Å². The van der Waals surface area contributed by atoms with Gasteiger partial charge < -0.3 is 0 Å². The Morgan fingerprint density at radius 3 is 2.75 bits per heavy atom. The Hall–Kier alpha value is 0.460. The summed E-state index contributed by atoms with van der Waals surface area (Å²) in [5.74, 6) is 2.26. The van der Waals surface area contributed by atoms with Crippen molar-refractivity contribution >= 4 is 40.4 Å². The first kappa shape index (κ1) is 12.5. The van der Waals surface area contributed by atoms with Crippen LogP contribution >= 0.6 is 35.3 Å². The van der Waals surface area contributed by atoms with E-state index in [4.69, 9.17) is 0 Å². The Kier molecular flexibility index (Phi) is 8.39. The topological polar surface area (TPSA) is 17.1 Å². The van der Waals surface area contributed by atoms with Crippen LogP contribution in [0.1, 0.15) is 6.92 Å². The zero-order valence-electron chi connectivity index (χ0n) is 7.41. The van der Waals surface area contributed by atoms with Gasteiger partial charge in [0.25, 0.3) is 0 Å². The average molecular weight is 222 g/mol. The molecular formula is C8H14OS3. The number of thioether (sulfide) groups is 3. The van der Waals surface area contributed by atoms with Crippen molar-refractivity contribution < 1.29 is 4.79 Å². The van der Waals surface area contributed by atoms with Crippen molar-refractivity contribution in [2.24, 2.45) is 0 Å². The summed E-state index contributed by atoms with van der Waals surface area (Å²) >= 11 is 5.00. The molecule has 0 aromatic rings. The molecule has 1 unspecified atom stereocenters. The molecule has 4 heteroatoms. The molecule has 0 bridgehead atoms. The molecule has 0 aromatic heterocycles. The standard InChI is InChI=1S/C8H14OS3/c1-4-8(9)12-7(2)11-6-5-10-3/h4,7H,1,5-6H2,2-3H3. The van der Waals surface area contributed by atoms with Gasteiger partial charge in [0.05, 0.1) is 4.58 Å². The Labute approximate surface area is 87.1 Å². The van der Waals surface area contributed by atoms with E-state index < -0.39 is 0 Å². The van der Waals surface area contributed by atoms with Gasteiger partial charge in [-0.1, -0.05) is 18.3 Å². The summed E-state index contributed by atoms with van der Waals surface area (Å²) in [6, 6.07) is 0. The molecule has 12 heavy (non-hydrogen) atoms. The van der Waals surface area contributed by atoms with Gasteiger partial charge in [-0.3, -0.25) is 4.79 Å². The predicted molar refractivity (Wildman–Crippen MR) is 63.1 cm³/mol. The summed E-state index contributed by atoms with van der Waals surface area (Å²) in [6.07, 6.45) is 3.46. The van der Waals surface area contributed by atoms with Crippen LogP contribution < -0.4 is 0 Å². The highest BCUT2D eigenvalue weighted by molar-refractivity contribution is 8.25. The molecular weight excluding hydrogens is 208 g/mol. The second-order valence-corrected chi connectivity index (χ2v) is 6.15. The van der Waals surface area contributed by atoms with Gasteiger partial charge in [0.2, 0.25) is 5.12 Å². The fourth-order valence-electron chi connectivity index (χ4n) is 0.543. The van der Waals surface area contributed by atoms with Crippen LogP contribution in [0.25, 0.3) is 0 Å². The second kappa shape index (κ2) is 8.08. The Morgan fingerprint density at radius 1 is 1.58 bits per heavy atom. The van der Waals surface area contributed by atoms with Crippen molar-refractivity contribution in [2.45, 2.75) is 11.5 Å². The van der Waals surface area contributed by atoms with Gasteiger partial charge in [-0.2, -0.15) is 11.8 Å². The highest BCUT2D eigenvalue weighted by Crippen LogP contribution is 2.24. The van der Waals surface area contributed by atoms with E-state index in [9.17, 15) is 4.79 Å². The van der Waals surface area contributed by atoms with Crippen molar-refractivity contribution in [3.05, 3.63) is 12.7 Å². The first-order valence-electron chi connectivity index (χ1n) is 3.64. The molecule has 0 aromatic carbocycles. The van der Waals surface area contributed by atoms with Crippen molar-refractivity contribution in [1.82, 2.24) is 0 Å². The number of hydrogen-bond donors (Lipinski definition) is 0. The molecule has 1 nitrogen and oxygen atoms in total. The van der Waals surface area contributed by atoms with Crippen LogP contribution in [0.15, 0.2) is 12.7 Å². The normalized spacial score (nSPS) is 12.5. The van der Waals surface area contributed by atoms with Crippen molar-refractivity contribution in [1.29, 1.82) is 0 Å². The van der Waals surface area contributed by atoms with E-state index >= 15 is 0 Å². The van der Waals surface area contributed by atoms with Crippen molar-refractivity contribution in [3.8, 4) is 0 Å². The second-order valence-electron chi connectivity index (χ2n) is 2.07. The lowest BCUT2D eigenvalue weighted by Gasteiger charge is -2.06. The number of carbonyl (C=O) groups excluding carboxylic acids is 1. The molecule has 0 N–H and O–H groups in total. The largest absolute Gasteiger partial charge is 0.282 e. The lowest BCUT2D eigenvalue weighted by Crippen LogP contribution is -1.97. The highest BCUT2D eigenvalue weighted by Gasteiger charge is 2.06. The maximum atomic E-state index is 10.9. The minimum atomic E-state index is 0.0687. The molecule has 0 saturated heterocycles. The number of rotatable bonds is 6. The van der Waals surface area contributed by atoms with Gasteiger partial charge in [0.15, 0.2) is 0 Å². The zero-order valence-corrected chi connectivity index (χ0v) is 9.86. The van der Waals surface area contributed by atoms with Crippen LogP contribution in [0.5, 0.6) is 0 Å². The van der Waals surface area contributed by atoms with E-state index in [1.807, 2.05) is 23.5 Å². The molecule has 0 amide bonds. The third-order valence-corrected chi connectivity index (χ3v) is 4.30. The Balaban J connectivity index is 3.38. The summed E-state index contributed by atoms with van der Waals surface area (Å²) in [5.41, 5.74) is 0. The number of hydrogen-bond acceptors (Lipinski definition) is 4. The summed E-state index contributed by atoms with van der Waals surface area (Å²) in [6.45, 7) is 5.48. The van der Waals surface area contributed by atoms with Crippen LogP contribution in [0.2, 0.25) is 0 Å². The molecule has 0 spiro atoms. The lowest BCUT2D eigenvalue weighted by atomic mass is 10.7. The predicted octanol–water partition coefficient (Wildman–Crippen LogP) is 2.87. The van der Waals surface area contributed by atoms with Gasteiger partial charge in [0, 0.05) is 11.5 Å². The van der Waals surface area contributed by atoms with Crippen LogP contribution in [0.4, 0.5) is 0 Å². The quantitative estimate of drug-likeness (QED) is 0.390. The fourth-order valence-corrected chi connectivity index (χ4v) is 3.20. The van der Waals surface area contributed by atoms with E-state index in [0.29, 0.717) is 4.58 Å². The van der Waals surface area contributed by atoms with Crippen molar-refractivity contribution in [3.63, 3.8) is 0 Å². The first-order chi connectivity index (χ1) is 5.70. The van der Waals surface area contributed by atoms with Crippen LogP contribution in [-0.2, 0) is 4.79 Å².